The highest BCUT2D eigenvalue weighted by molar-refractivity contribution is 5.73. The summed E-state index contributed by atoms with van der Waals surface area (Å²) in [7, 11) is 0. The Morgan fingerprint density at radius 3 is 2.78 bits per heavy atom. The molecule has 0 radical (unpaired) electrons. The molecule has 1 aromatic carbocycles. The Morgan fingerprint density at radius 1 is 1.17 bits per heavy atom. The fourth-order valence-corrected chi connectivity index (χ4v) is 1.62. The van der Waals surface area contributed by atoms with Crippen molar-refractivity contribution in [1.29, 1.82) is 0 Å². The Morgan fingerprint density at radius 2 is 2.00 bits per heavy atom. The van der Waals surface area contributed by atoms with E-state index in [0.717, 1.165) is 22.5 Å². The van der Waals surface area contributed by atoms with Gasteiger partial charge in [-0.05, 0) is 19.1 Å². The van der Waals surface area contributed by atoms with Crippen LogP contribution in [-0.4, -0.2) is 20.3 Å². The van der Waals surface area contributed by atoms with Crippen LogP contribution in [0.1, 0.15) is 11.5 Å². The first-order valence-corrected chi connectivity index (χ1v) is 5.57. The molecule has 2 heterocycles. The van der Waals surface area contributed by atoms with Gasteiger partial charge in [-0.1, -0.05) is 17.3 Å². The Labute approximate surface area is 103 Å². The summed E-state index contributed by atoms with van der Waals surface area (Å²) in [6.45, 7) is 2.36. The van der Waals surface area contributed by atoms with Crippen molar-refractivity contribution in [3.63, 3.8) is 0 Å². The lowest BCUT2D eigenvalue weighted by atomic mass is 10.3. The van der Waals surface area contributed by atoms with Gasteiger partial charge in [0.25, 0.3) is 0 Å². The number of benzene rings is 1. The van der Waals surface area contributed by atoms with Crippen LogP contribution in [0.15, 0.2) is 34.9 Å². The molecule has 0 aliphatic carbocycles. The smallest absolute Gasteiger partial charge is 0.243 e. The molecule has 0 atom stereocenters. The lowest BCUT2D eigenvalue weighted by molar-refractivity contribution is 0.384. The van der Waals surface area contributed by atoms with E-state index in [1.165, 1.54) is 0 Å². The van der Waals surface area contributed by atoms with Gasteiger partial charge in [-0.25, -0.2) is 4.98 Å². The Hall–Kier alpha value is -2.50. The van der Waals surface area contributed by atoms with E-state index >= 15 is 0 Å². The molecule has 0 aliphatic heterocycles. The van der Waals surface area contributed by atoms with Crippen LogP contribution >= 0.6 is 0 Å². The molecule has 0 unspecified atom stereocenters. The lowest BCUT2D eigenvalue weighted by Gasteiger charge is -2.01. The topological polar surface area (TPSA) is 76.7 Å². The van der Waals surface area contributed by atoms with Crippen molar-refractivity contribution in [1.82, 2.24) is 20.3 Å². The highest BCUT2D eigenvalue weighted by Gasteiger charge is 2.03. The van der Waals surface area contributed by atoms with Crippen LogP contribution in [0.2, 0.25) is 0 Å². The highest BCUT2D eigenvalue weighted by atomic mass is 16.5. The van der Waals surface area contributed by atoms with E-state index in [0.29, 0.717) is 12.5 Å². The van der Waals surface area contributed by atoms with Crippen molar-refractivity contribution in [2.75, 3.05) is 5.32 Å². The van der Waals surface area contributed by atoms with Crippen LogP contribution in [0, 0.1) is 6.92 Å². The zero-order valence-electron chi connectivity index (χ0n) is 9.79. The lowest BCUT2D eigenvalue weighted by Crippen LogP contribution is -2.04. The van der Waals surface area contributed by atoms with E-state index in [1.54, 1.807) is 0 Å². The summed E-state index contributed by atoms with van der Waals surface area (Å²) in [6, 6.07) is 9.46. The van der Waals surface area contributed by atoms with Crippen molar-refractivity contribution in [2.24, 2.45) is 0 Å². The van der Waals surface area contributed by atoms with Gasteiger partial charge in [-0.15, -0.1) is 10.2 Å². The quantitative estimate of drug-likeness (QED) is 0.755. The number of para-hydroxylation sites is 1. The third-order valence-electron chi connectivity index (χ3n) is 2.46. The van der Waals surface area contributed by atoms with E-state index in [9.17, 15) is 0 Å². The molecule has 1 N–H and O–H groups in total. The first kappa shape index (κ1) is 10.6. The number of nitrogens with zero attached hydrogens (tertiary/aromatic N) is 4. The van der Waals surface area contributed by atoms with Gasteiger partial charge in [0.1, 0.15) is 5.52 Å². The zero-order valence-corrected chi connectivity index (χ0v) is 9.79. The molecular weight excluding hydrogens is 230 g/mol. The van der Waals surface area contributed by atoms with Gasteiger partial charge in [-0.3, -0.25) is 0 Å². The maximum absolute atomic E-state index is 5.09. The van der Waals surface area contributed by atoms with E-state index in [4.69, 9.17) is 4.52 Å². The molecule has 0 aliphatic rings. The van der Waals surface area contributed by atoms with Gasteiger partial charge < -0.3 is 9.84 Å². The number of hydrogen-bond donors (Lipinski definition) is 1. The molecule has 6 nitrogen and oxygen atoms in total. The summed E-state index contributed by atoms with van der Waals surface area (Å²) in [6.07, 6.45) is 0. The molecule has 3 aromatic rings. The number of anilines is 1. The molecule has 0 fully saturated rings. The SMILES string of the molecule is Cc1cc(CNc2nnc3ccccc3n2)on1. The average Bonchev–Trinajstić information content (AvgIpc) is 2.82. The second kappa shape index (κ2) is 4.40. The van der Waals surface area contributed by atoms with Gasteiger partial charge in [0, 0.05) is 6.07 Å². The molecule has 0 saturated carbocycles. The second-order valence-electron chi connectivity index (χ2n) is 3.91. The van der Waals surface area contributed by atoms with Crippen LogP contribution < -0.4 is 5.32 Å². The summed E-state index contributed by atoms with van der Waals surface area (Å²) in [5, 5.41) is 14.9. The molecule has 0 amide bonds. The van der Waals surface area contributed by atoms with Gasteiger partial charge in [0.15, 0.2) is 5.76 Å². The second-order valence-corrected chi connectivity index (χ2v) is 3.91. The minimum Gasteiger partial charge on any atom is -0.359 e. The summed E-state index contributed by atoms with van der Waals surface area (Å²) in [5.41, 5.74) is 2.44. The largest absolute Gasteiger partial charge is 0.359 e. The van der Waals surface area contributed by atoms with Crippen molar-refractivity contribution < 1.29 is 4.52 Å². The van der Waals surface area contributed by atoms with Gasteiger partial charge in [0.05, 0.1) is 17.8 Å². The molecule has 18 heavy (non-hydrogen) atoms. The Balaban J connectivity index is 1.78. The van der Waals surface area contributed by atoms with Gasteiger partial charge in [0.2, 0.25) is 5.95 Å². The first-order chi connectivity index (χ1) is 8.81. The molecule has 2 aromatic heterocycles. The van der Waals surface area contributed by atoms with Crippen molar-refractivity contribution in [3.8, 4) is 0 Å². The third kappa shape index (κ3) is 2.13. The number of hydrogen-bond acceptors (Lipinski definition) is 6. The maximum atomic E-state index is 5.09. The summed E-state index contributed by atoms with van der Waals surface area (Å²) < 4.78 is 5.09. The number of aryl methyl sites for hydroxylation is 1. The molecule has 90 valence electrons. The van der Waals surface area contributed by atoms with Crippen molar-refractivity contribution in [3.05, 3.63) is 41.8 Å². The van der Waals surface area contributed by atoms with Crippen LogP contribution in [0.5, 0.6) is 0 Å². The van der Waals surface area contributed by atoms with Crippen molar-refractivity contribution >= 4 is 17.0 Å². The molecule has 3 rings (SSSR count). The predicted molar refractivity (Wildman–Crippen MR) is 65.9 cm³/mol. The maximum Gasteiger partial charge on any atom is 0.243 e. The van der Waals surface area contributed by atoms with Crippen molar-refractivity contribution in [2.45, 2.75) is 13.5 Å². The summed E-state index contributed by atoms with van der Waals surface area (Å²) in [4.78, 5) is 4.35. The normalized spacial score (nSPS) is 10.7. The zero-order chi connectivity index (χ0) is 12.4. The molecular formula is C12H11N5O. The molecule has 0 bridgehead atoms. The van der Waals surface area contributed by atoms with Crippen LogP contribution in [-0.2, 0) is 6.54 Å². The standard InChI is InChI=1S/C12H11N5O/c1-8-6-9(18-17-8)7-13-12-14-10-4-2-3-5-11(10)15-16-12/h2-6H,7H2,1H3,(H,13,14,16). The summed E-state index contributed by atoms with van der Waals surface area (Å²) in [5.74, 6) is 1.21. The van der Waals surface area contributed by atoms with E-state index in [-0.39, 0.29) is 0 Å². The molecule has 0 spiro atoms. The van der Waals surface area contributed by atoms with Crippen LogP contribution in [0.25, 0.3) is 11.0 Å². The Bertz CT molecular complexity index is 679. The van der Waals surface area contributed by atoms with E-state index in [1.807, 2.05) is 37.3 Å². The number of fused-ring (bicyclic) bond motifs is 1. The minimum atomic E-state index is 0.475. The van der Waals surface area contributed by atoms with E-state index in [2.05, 4.69) is 25.7 Å². The van der Waals surface area contributed by atoms with Crippen LogP contribution in [0.3, 0.4) is 0 Å². The number of aromatic nitrogens is 4. The number of nitrogens with one attached hydrogen (secondary N) is 1. The molecule has 6 heteroatoms. The first-order valence-electron chi connectivity index (χ1n) is 5.57. The van der Waals surface area contributed by atoms with Gasteiger partial charge in [-0.2, -0.15) is 0 Å². The Kier molecular flexibility index (Phi) is 2.60. The average molecular weight is 241 g/mol. The fourth-order valence-electron chi connectivity index (χ4n) is 1.62. The monoisotopic (exact) mass is 241 g/mol. The third-order valence-corrected chi connectivity index (χ3v) is 2.46. The number of rotatable bonds is 3. The fraction of sp³-hybridized carbons (Fsp3) is 0.167. The predicted octanol–water partition coefficient (Wildman–Crippen LogP) is 1.93. The van der Waals surface area contributed by atoms with Gasteiger partial charge >= 0.3 is 0 Å². The molecule has 0 saturated heterocycles. The summed E-state index contributed by atoms with van der Waals surface area (Å²) >= 11 is 0. The minimum absolute atomic E-state index is 0.475. The van der Waals surface area contributed by atoms with Crippen LogP contribution in [0.4, 0.5) is 5.95 Å². The highest BCUT2D eigenvalue weighted by Crippen LogP contribution is 2.10. The van der Waals surface area contributed by atoms with E-state index < -0.39 is 0 Å².